The van der Waals surface area contributed by atoms with Crippen molar-refractivity contribution in [3.63, 3.8) is 0 Å². The van der Waals surface area contributed by atoms with Crippen LogP contribution in [0.4, 0.5) is 10.2 Å². The van der Waals surface area contributed by atoms with Crippen LogP contribution in [-0.2, 0) is 11.2 Å². The Bertz CT molecular complexity index is 615. The zero-order valence-corrected chi connectivity index (χ0v) is 12.3. The highest BCUT2D eigenvalue weighted by molar-refractivity contribution is 9.10. The van der Waals surface area contributed by atoms with Gasteiger partial charge in [0.2, 0.25) is 0 Å². The highest BCUT2D eigenvalue weighted by atomic mass is 79.9. The van der Waals surface area contributed by atoms with E-state index in [1.54, 1.807) is 12.3 Å². The van der Waals surface area contributed by atoms with Gasteiger partial charge in [-0.1, -0.05) is 22.9 Å². The van der Waals surface area contributed by atoms with Crippen LogP contribution >= 0.6 is 15.9 Å². The number of aromatic amines is 1. The molecule has 2 aromatic rings. The van der Waals surface area contributed by atoms with Gasteiger partial charge in [-0.3, -0.25) is 9.89 Å². The summed E-state index contributed by atoms with van der Waals surface area (Å²) in [6.45, 7) is 1.68. The predicted molar refractivity (Wildman–Crippen MR) is 76.2 cm³/mol. The van der Waals surface area contributed by atoms with Crippen molar-refractivity contribution in [3.8, 4) is 5.75 Å². The first-order valence-corrected chi connectivity index (χ1v) is 6.79. The molecule has 106 valence electrons. The third kappa shape index (κ3) is 3.57. The molecule has 0 aliphatic carbocycles. The summed E-state index contributed by atoms with van der Waals surface area (Å²) in [7, 11) is 0. The molecule has 0 aliphatic rings. The van der Waals surface area contributed by atoms with Crippen molar-refractivity contribution in [1.29, 1.82) is 0 Å². The number of halogens is 2. The number of rotatable bonds is 5. The third-order valence-electron chi connectivity index (χ3n) is 2.62. The van der Waals surface area contributed by atoms with Gasteiger partial charge in [-0.15, -0.1) is 0 Å². The second-order valence-electron chi connectivity index (χ2n) is 4.04. The summed E-state index contributed by atoms with van der Waals surface area (Å²) >= 11 is 3.15. The molecule has 0 atom stereocenters. The Morgan fingerprint density at radius 3 is 3.05 bits per heavy atom. The molecule has 0 spiro atoms. The molecule has 0 unspecified atom stereocenters. The standard InChI is InChI=1S/C13H13BrFN3O2/c1-2-8-6-16-18-13(8)17-12(19)7-20-11-4-3-9(14)5-10(11)15/h3-6H,2,7H2,1H3,(H2,16,17,18,19). The summed E-state index contributed by atoms with van der Waals surface area (Å²) in [4.78, 5) is 11.7. The van der Waals surface area contributed by atoms with E-state index in [4.69, 9.17) is 4.74 Å². The van der Waals surface area contributed by atoms with Crippen molar-refractivity contribution < 1.29 is 13.9 Å². The highest BCUT2D eigenvalue weighted by Crippen LogP contribution is 2.21. The fourth-order valence-corrected chi connectivity index (χ4v) is 1.93. The summed E-state index contributed by atoms with van der Waals surface area (Å²) in [6, 6.07) is 4.37. The summed E-state index contributed by atoms with van der Waals surface area (Å²) in [5.41, 5.74) is 0.896. The van der Waals surface area contributed by atoms with Crippen molar-refractivity contribution in [3.05, 3.63) is 40.2 Å². The van der Waals surface area contributed by atoms with E-state index in [2.05, 4.69) is 31.4 Å². The maximum Gasteiger partial charge on any atom is 0.263 e. The maximum atomic E-state index is 13.5. The molecule has 0 bridgehead atoms. The van der Waals surface area contributed by atoms with Gasteiger partial charge < -0.3 is 10.1 Å². The van der Waals surface area contributed by atoms with Crippen LogP contribution in [0.2, 0.25) is 0 Å². The molecule has 2 rings (SSSR count). The van der Waals surface area contributed by atoms with Crippen LogP contribution in [0.25, 0.3) is 0 Å². The number of nitrogens with zero attached hydrogens (tertiary/aromatic N) is 1. The zero-order valence-electron chi connectivity index (χ0n) is 10.7. The van der Waals surface area contributed by atoms with E-state index in [1.807, 2.05) is 6.92 Å². The Kier molecular flexibility index (Phi) is 4.73. The van der Waals surface area contributed by atoms with E-state index in [0.29, 0.717) is 10.3 Å². The van der Waals surface area contributed by atoms with E-state index in [-0.39, 0.29) is 18.3 Å². The van der Waals surface area contributed by atoms with Crippen LogP contribution in [0.15, 0.2) is 28.9 Å². The number of benzene rings is 1. The SMILES string of the molecule is CCc1cn[nH]c1NC(=O)COc1ccc(Br)cc1F. The van der Waals surface area contributed by atoms with Gasteiger partial charge in [0.05, 0.1) is 6.20 Å². The first-order chi connectivity index (χ1) is 9.60. The number of hydrogen-bond acceptors (Lipinski definition) is 3. The minimum Gasteiger partial charge on any atom is -0.481 e. The quantitative estimate of drug-likeness (QED) is 0.878. The highest BCUT2D eigenvalue weighted by Gasteiger charge is 2.10. The average Bonchev–Trinajstić information content (AvgIpc) is 2.85. The number of aromatic nitrogens is 2. The molecule has 1 aromatic carbocycles. The number of anilines is 1. The van der Waals surface area contributed by atoms with Crippen LogP contribution in [0.1, 0.15) is 12.5 Å². The number of amides is 1. The Labute approximate surface area is 123 Å². The second kappa shape index (κ2) is 6.51. The van der Waals surface area contributed by atoms with Gasteiger partial charge in [-0.05, 0) is 24.6 Å². The van der Waals surface area contributed by atoms with Crippen molar-refractivity contribution >= 4 is 27.7 Å². The van der Waals surface area contributed by atoms with E-state index in [9.17, 15) is 9.18 Å². The predicted octanol–water partition coefficient (Wildman–Crippen LogP) is 2.89. The molecule has 0 aliphatic heterocycles. The summed E-state index contributed by atoms with van der Waals surface area (Å²) < 4.78 is 19.2. The molecule has 1 amide bonds. The monoisotopic (exact) mass is 341 g/mol. The van der Waals surface area contributed by atoms with Crippen molar-refractivity contribution in [2.75, 3.05) is 11.9 Å². The third-order valence-corrected chi connectivity index (χ3v) is 3.11. The summed E-state index contributed by atoms with van der Waals surface area (Å²) in [5, 5.41) is 9.16. The van der Waals surface area contributed by atoms with E-state index < -0.39 is 5.82 Å². The smallest absolute Gasteiger partial charge is 0.263 e. The number of carbonyl (C=O) groups is 1. The molecule has 0 saturated carbocycles. The minimum absolute atomic E-state index is 0.0312. The first kappa shape index (κ1) is 14.5. The molecule has 0 radical (unpaired) electrons. The number of hydrogen-bond donors (Lipinski definition) is 2. The Balaban J connectivity index is 1.92. The van der Waals surface area contributed by atoms with Crippen LogP contribution < -0.4 is 10.1 Å². The minimum atomic E-state index is -0.525. The Morgan fingerprint density at radius 1 is 1.55 bits per heavy atom. The Morgan fingerprint density at radius 2 is 2.35 bits per heavy atom. The number of nitrogens with one attached hydrogen (secondary N) is 2. The van der Waals surface area contributed by atoms with Gasteiger partial charge in [-0.25, -0.2) is 4.39 Å². The van der Waals surface area contributed by atoms with Gasteiger partial charge in [0.1, 0.15) is 5.82 Å². The van der Waals surface area contributed by atoms with Crippen LogP contribution in [-0.4, -0.2) is 22.7 Å². The van der Waals surface area contributed by atoms with Gasteiger partial charge in [0, 0.05) is 10.0 Å². The van der Waals surface area contributed by atoms with Gasteiger partial charge in [0.15, 0.2) is 18.2 Å². The largest absolute Gasteiger partial charge is 0.481 e. The molecule has 5 nitrogen and oxygen atoms in total. The average molecular weight is 342 g/mol. The molecular formula is C13H13BrFN3O2. The van der Waals surface area contributed by atoms with Gasteiger partial charge in [-0.2, -0.15) is 5.10 Å². The molecule has 0 saturated heterocycles. The summed E-state index contributed by atoms with van der Waals surface area (Å²) in [5.74, 6) is -0.338. The molecule has 2 N–H and O–H groups in total. The lowest BCUT2D eigenvalue weighted by molar-refractivity contribution is -0.118. The lowest BCUT2D eigenvalue weighted by atomic mass is 10.2. The van der Waals surface area contributed by atoms with Crippen LogP contribution in [0.5, 0.6) is 5.75 Å². The van der Waals surface area contributed by atoms with E-state index >= 15 is 0 Å². The number of H-pyrrole nitrogens is 1. The Hall–Kier alpha value is -1.89. The van der Waals surface area contributed by atoms with Crippen molar-refractivity contribution in [2.45, 2.75) is 13.3 Å². The van der Waals surface area contributed by atoms with Gasteiger partial charge in [0.25, 0.3) is 5.91 Å². The van der Waals surface area contributed by atoms with Crippen molar-refractivity contribution in [2.24, 2.45) is 0 Å². The fraction of sp³-hybridized carbons (Fsp3) is 0.231. The zero-order chi connectivity index (χ0) is 14.5. The van der Waals surface area contributed by atoms with Crippen LogP contribution in [0, 0.1) is 5.82 Å². The first-order valence-electron chi connectivity index (χ1n) is 6.00. The molecule has 1 heterocycles. The molecule has 20 heavy (non-hydrogen) atoms. The van der Waals surface area contributed by atoms with Crippen LogP contribution in [0.3, 0.4) is 0 Å². The van der Waals surface area contributed by atoms with Crippen molar-refractivity contribution in [1.82, 2.24) is 10.2 Å². The lowest BCUT2D eigenvalue weighted by Gasteiger charge is -2.08. The molecular weight excluding hydrogens is 329 g/mol. The number of ether oxygens (including phenoxy) is 1. The summed E-state index contributed by atoms with van der Waals surface area (Å²) in [6.07, 6.45) is 2.39. The van der Waals surface area contributed by atoms with E-state index in [1.165, 1.54) is 12.1 Å². The molecule has 1 aromatic heterocycles. The fourth-order valence-electron chi connectivity index (χ4n) is 1.60. The lowest BCUT2D eigenvalue weighted by Crippen LogP contribution is -2.21. The normalized spacial score (nSPS) is 10.3. The van der Waals surface area contributed by atoms with E-state index in [0.717, 1.165) is 12.0 Å². The molecule has 0 fully saturated rings. The number of carbonyl (C=O) groups excluding carboxylic acids is 1. The second-order valence-corrected chi connectivity index (χ2v) is 4.95. The van der Waals surface area contributed by atoms with Gasteiger partial charge >= 0.3 is 0 Å². The number of aryl methyl sites for hydroxylation is 1. The topological polar surface area (TPSA) is 67.0 Å². The molecule has 7 heteroatoms. The maximum absolute atomic E-state index is 13.5.